The molecule has 0 saturated carbocycles. The molecule has 0 bridgehead atoms. The minimum Gasteiger partial charge on any atom is -0.393 e. The fourth-order valence-corrected chi connectivity index (χ4v) is 2.79. The third kappa shape index (κ3) is 3.41. The van der Waals surface area contributed by atoms with Crippen molar-refractivity contribution in [1.29, 1.82) is 0 Å². The van der Waals surface area contributed by atoms with Crippen LogP contribution in [0.5, 0.6) is 0 Å². The Morgan fingerprint density at radius 3 is 2.89 bits per heavy atom. The summed E-state index contributed by atoms with van der Waals surface area (Å²) in [5.41, 5.74) is 0.431. The number of halogens is 2. The van der Waals surface area contributed by atoms with Gasteiger partial charge in [-0.1, -0.05) is 23.2 Å². The third-order valence-electron chi connectivity index (χ3n) is 3.59. The predicted molar refractivity (Wildman–Crippen MR) is 76.8 cm³/mol. The summed E-state index contributed by atoms with van der Waals surface area (Å²) in [5.74, 6) is 0.0218. The van der Waals surface area contributed by atoms with Crippen LogP contribution >= 0.6 is 23.2 Å². The minimum absolute atomic E-state index is 0.113. The van der Waals surface area contributed by atoms with Gasteiger partial charge in [0.25, 0.3) is 5.91 Å². The Morgan fingerprint density at radius 2 is 2.21 bits per heavy atom. The van der Waals surface area contributed by atoms with Gasteiger partial charge in [0, 0.05) is 24.0 Å². The number of likely N-dealkylation sites (tertiary alicyclic amines) is 1. The lowest BCUT2D eigenvalue weighted by Crippen LogP contribution is -2.43. The van der Waals surface area contributed by atoms with Crippen LogP contribution in [0.15, 0.2) is 18.2 Å². The number of aliphatic hydroxyl groups excluding tert-OH is 1. The van der Waals surface area contributed by atoms with Gasteiger partial charge in [-0.3, -0.25) is 4.79 Å². The van der Waals surface area contributed by atoms with Gasteiger partial charge in [-0.15, -0.1) is 0 Å². The molecule has 1 N–H and O–H groups in total. The van der Waals surface area contributed by atoms with E-state index < -0.39 is 6.10 Å². The van der Waals surface area contributed by atoms with E-state index in [9.17, 15) is 9.90 Å². The van der Waals surface area contributed by atoms with Crippen molar-refractivity contribution in [1.82, 2.24) is 4.90 Å². The minimum atomic E-state index is -0.398. The van der Waals surface area contributed by atoms with E-state index in [-0.39, 0.29) is 11.8 Å². The lowest BCUT2D eigenvalue weighted by atomic mass is 9.93. The van der Waals surface area contributed by atoms with E-state index in [4.69, 9.17) is 23.2 Å². The van der Waals surface area contributed by atoms with E-state index in [0.717, 1.165) is 12.8 Å². The number of aliphatic hydroxyl groups is 1. The first kappa shape index (κ1) is 14.6. The molecule has 1 aromatic carbocycles. The summed E-state index contributed by atoms with van der Waals surface area (Å²) < 4.78 is 0. The summed E-state index contributed by atoms with van der Waals surface area (Å²) >= 11 is 12.0. The third-order valence-corrected chi connectivity index (χ3v) is 4.15. The molecular weight excluding hydrogens is 285 g/mol. The van der Waals surface area contributed by atoms with Gasteiger partial charge in [-0.25, -0.2) is 0 Å². The Hall–Kier alpha value is -0.770. The van der Waals surface area contributed by atoms with Gasteiger partial charge in [-0.05, 0) is 38.0 Å². The second-order valence-corrected chi connectivity index (χ2v) is 5.86. The summed E-state index contributed by atoms with van der Waals surface area (Å²) in [6.07, 6.45) is 1.45. The highest BCUT2D eigenvalue weighted by atomic mass is 35.5. The molecule has 2 unspecified atom stereocenters. The van der Waals surface area contributed by atoms with E-state index in [1.165, 1.54) is 0 Å². The first-order valence-electron chi connectivity index (χ1n) is 6.41. The Kier molecular flexibility index (Phi) is 4.71. The van der Waals surface area contributed by atoms with Gasteiger partial charge in [0.2, 0.25) is 0 Å². The fraction of sp³-hybridized carbons (Fsp3) is 0.500. The Balaban J connectivity index is 2.17. The van der Waals surface area contributed by atoms with Crippen molar-refractivity contribution in [3.63, 3.8) is 0 Å². The molecule has 1 aromatic rings. The molecule has 0 aliphatic carbocycles. The molecule has 2 rings (SSSR count). The quantitative estimate of drug-likeness (QED) is 0.911. The van der Waals surface area contributed by atoms with Gasteiger partial charge >= 0.3 is 0 Å². The fourth-order valence-electron chi connectivity index (χ4n) is 2.42. The average molecular weight is 302 g/mol. The van der Waals surface area contributed by atoms with Crippen LogP contribution < -0.4 is 0 Å². The number of amides is 1. The lowest BCUT2D eigenvalue weighted by Gasteiger charge is -2.34. The van der Waals surface area contributed by atoms with E-state index in [1.807, 2.05) is 0 Å². The smallest absolute Gasteiger partial charge is 0.255 e. The Labute approximate surface area is 123 Å². The number of carbonyl (C=O) groups is 1. The summed E-state index contributed by atoms with van der Waals surface area (Å²) in [4.78, 5) is 14.2. The predicted octanol–water partition coefficient (Wildman–Crippen LogP) is 3.23. The number of benzene rings is 1. The molecule has 3 nitrogen and oxygen atoms in total. The van der Waals surface area contributed by atoms with Crippen LogP contribution in [0.2, 0.25) is 10.0 Å². The molecule has 19 heavy (non-hydrogen) atoms. The number of carbonyl (C=O) groups excluding carboxylic acids is 1. The highest BCUT2D eigenvalue weighted by molar-refractivity contribution is 6.35. The number of rotatable bonds is 2. The van der Waals surface area contributed by atoms with Gasteiger partial charge in [0.15, 0.2) is 0 Å². The zero-order chi connectivity index (χ0) is 14.0. The molecule has 5 heteroatoms. The maximum atomic E-state index is 12.4. The molecule has 1 saturated heterocycles. The highest BCUT2D eigenvalue weighted by Gasteiger charge is 2.27. The van der Waals surface area contributed by atoms with E-state index in [0.29, 0.717) is 28.7 Å². The molecule has 1 aliphatic rings. The number of hydrogen-bond donors (Lipinski definition) is 1. The van der Waals surface area contributed by atoms with Gasteiger partial charge in [0.05, 0.1) is 16.7 Å². The van der Waals surface area contributed by atoms with Crippen molar-refractivity contribution in [3.05, 3.63) is 33.8 Å². The molecule has 2 atom stereocenters. The van der Waals surface area contributed by atoms with Crippen LogP contribution in [0.3, 0.4) is 0 Å². The SMILES string of the molecule is CC(O)C1CCCN(C(=O)c2cc(Cl)ccc2Cl)C1. The molecule has 0 radical (unpaired) electrons. The standard InChI is InChI=1S/C14H17Cl2NO2/c1-9(18)10-3-2-6-17(8-10)14(19)12-7-11(15)4-5-13(12)16/h4-5,7,9-10,18H,2-3,6,8H2,1H3. The van der Waals surface area contributed by atoms with Crippen LogP contribution in [0, 0.1) is 5.92 Å². The van der Waals surface area contributed by atoms with E-state index in [1.54, 1.807) is 30.0 Å². The second kappa shape index (κ2) is 6.12. The van der Waals surface area contributed by atoms with Gasteiger partial charge < -0.3 is 10.0 Å². The first-order chi connectivity index (χ1) is 8.99. The van der Waals surface area contributed by atoms with E-state index >= 15 is 0 Å². The molecular formula is C14H17Cl2NO2. The maximum absolute atomic E-state index is 12.4. The van der Waals surface area contributed by atoms with Crippen LogP contribution in [0.1, 0.15) is 30.1 Å². The normalized spacial score (nSPS) is 21.3. The highest BCUT2D eigenvalue weighted by Crippen LogP contribution is 2.25. The topological polar surface area (TPSA) is 40.5 Å². The molecule has 1 fully saturated rings. The number of nitrogens with zero attached hydrogens (tertiary/aromatic N) is 1. The molecule has 1 amide bonds. The zero-order valence-electron chi connectivity index (χ0n) is 10.8. The Bertz CT molecular complexity index is 477. The maximum Gasteiger partial charge on any atom is 0.255 e. The van der Waals surface area contributed by atoms with Crippen LogP contribution in [0.4, 0.5) is 0 Å². The molecule has 1 heterocycles. The van der Waals surface area contributed by atoms with Crippen molar-refractivity contribution >= 4 is 29.1 Å². The molecule has 0 aromatic heterocycles. The van der Waals surface area contributed by atoms with Crippen molar-refractivity contribution in [3.8, 4) is 0 Å². The van der Waals surface area contributed by atoms with Crippen molar-refractivity contribution in [2.24, 2.45) is 5.92 Å². The van der Waals surface area contributed by atoms with E-state index in [2.05, 4.69) is 0 Å². The first-order valence-corrected chi connectivity index (χ1v) is 7.17. The summed E-state index contributed by atoms with van der Waals surface area (Å²) in [6.45, 7) is 3.04. The largest absolute Gasteiger partial charge is 0.393 e. The number of piperidine rings is 1. The monoisotopic (exact) mass is 301 g/mol. The lowest BCUT2D eigenvalue weighted by molar-refractivity contribution is 0.0466. The van der Waals surface area contributed by atoms with Gasteiger partial charge in [-0.2, -0.15) is 0 Å². The zero-order valence-corrected chi connectivity index (χ0v) is 12.3. The molecule has 0 spiro atoms. The molecule has 104 valence electrons. The van der Waals surface area contributed by atoms with Crippen molar-refractivity contribution < 1.29 is 9.90 Å². The van der Waals surface area contributed by atoms with Gasteiger partial charge in [0.1, 0.15) is 0 Å². The summed E-state index contributed by atoms with van der Waals surface area (Å²) in [6, 6.07) is 4.89. The summed E-state index contributed by atoms with van der Waals surface area (Å²) in [5, 5.41) is 10.6. The second-order valence-electron chi connectivity index (χ2n) is 5.02. The van der Waals surface area contributed by atoms with Crippen molar-refractivity contribution in [2.45, 2.75) is 25.9 Å². The van der Waals surface area contributed by atoms with Crippen LogP contribution in [0.25, 0.3) is 0 Å². The average Bonchev–Trinajstić information content (AvgIpc) is 2.41. The van der Waals surface area contributed by atoms with Crippen molar-refractivity contribution in [2.75, 3.05) is 13.1 Å². The van der Waals surface area contributed by atoms with Crippen LogP contribution in [-0.2, 0) is 0 Å². The van der Waals surface area contributed by atoms with Crippen LogP contribution in [-0.4, -0.2) is 35.1 Å². The Morgan fingerprint density at radius 1 is 1.47 bits per heavy atom. The molecule has 1 aliphatic heterocycles. The number of hydrogen-bond acceptors (Lipinski definition) is 2. The summed E-state index contributed by atoms with van der Waals surface area (Å²) in [7, 11) is 0.